The van der Waals surface area contributed by atoms with Gasteiger partial charge in [-0.1, -0.05) is 49.4 Å². The Kier molecular flexibility index (Phi) is 4.05. The average molecular weight is 292 g/mol. The molecule has 0 amide bonds. The second kappa shape index (κ2) is 6.31. The number of ether oxygens (including phenoxy) is 2. The third-order valence-corrected chi connectivity index (χ3v) is 3.45. The minimum Gasteiger partial charge on any atom is -0.395 e. The monoisotopic (exact) mass is 292 g/mol. The van der Waals surface area contributed by atoms with Crippen molar-refractivity contribution in [1.29, 1.82) is 0 Å². The molecule has 3 heteroatoms. The van der Waals surface area contributed by atoms with Gasteiger partial charge in [-0.25, -0.2) is 4.79 Å². The Morgan fingerprint density at radius 2 is 1.45 bits per heavy atom. The maximum atomic E-state index is 11.8. The lowest BCUT2D eigenvalue weighted by Gasteiger charge is -2.07. The van der Waals surface area contributed by atoms with Gasteiger partial charge in [0.1, 0.15) is 11.5 Å². The lowest BCUT2D eigenvalue weighted by atomic mass is 10.1. The van der Waals surface area contributed by atoms with Gasteiger partial charge < -0.3 is 9.47 Å². The molecule has 0 spiro atoms. The molecular formula is C19H16O3. The van der Waals surface area contributed by atoms with Crippen molar-refractivity contribution in [1.82, 2.24) is 0 Å². The molecule has 110 valence electrons. The summed E-state index contributed by atoms with van der Waals surface area (Å²) in [6.07, 6.45) is 0.210. The minimum absolute atomic E-state index is 0.467. The highest BCUT2D eigenvalue weighted by molar-refractivity contribution is 5.84. The number of benzene rings is 3. The van der Waals surface area contributed by atoms with Crippen LogP contribution in [0.4, 0.5) is 4.79 Å². The first kappa shape index (κ1) is 14.1. The molecule has 3 rings (SSSR count). The molecule has 22 heavy (non-hydrogen) atoms. The van der Waals surface area contributed by atoms with Crippen molar-refractivity contribution in [2.45, 2.75) is 13.3 Å². The van der Waals surface area contributed by atoms with Crippen LogP contribution in [0.15, 0.2) is 66.7 Å². The Morgan fingerprint density at radius 1 is 0.818 bits per heavy atom. The predicted octanol–water partition coefficient (Wildman–Crippen LogP) is 4.98. The summed E-state index contributed by atoms with van der Waals surface area (Å²) >= 11 is 0. The van der Waals surface area contributed by atoms with Crippen molar-refractivity contribution >= 4 is 16.9 Å². The second-order valence-electron chi connectivity index (χ2n) is 4.96. The van der Waals surface area contributed by atoms with E-state index in [0.717, 1.165) is 17.2 Å². The maximum Gasteiger partial charge on any atom is 0.519 e. The standard InChI is InChI=1S/C19H16O3/c1-2-14-7-10-17(11-8-14)21-19(20)22-18-12-9-15-5-3-4-6-16(15)13-18/h3-13H,2H2,1H3. The molecule has 0 unspecified atom stereocenters. The normalized spacial score (nSPS) is 10.4. The lowest BCUT2D eigenvalue weighted by Crippen LogP contribution is -2.13. The van der Waals surface area contributed by atoms with E-state index in [9.17, 15) is 4.79 Å². The van der Waals surface area contributed by atoms with E-state index in [1.165, 1.54) is 5.56 Å². The fraction of sp³-hybridized carbons (Fsp3) is 0.105. The summed E-state index contributed by atoms with van der Waals surface area (Å²) < 4.78 is 10.4. The third kappa shape index (κ3) is 3.26. The summed E-state index contributed by atoms with van der Waals surface area (Å²) in [6, 6.07) is 20.8. The number of aryl methyl sites for hydroxylation is 1. The molecule has 0 aliphatic carbocycles. The van der Waals surface area contributed by atoms with Gasteiger partial charge in [-0.05, 0) is 47.0 Å². The minimum atomic E-state index is -0.737. The molecule has 0 saturated heterocycles. The summed E-state index contributed by atoms with van der Waals surface area (Å²) in [4.78, 5) is 11.8. The van der Waals surface area contributed by atoms with E-state index in [4.69, 9.17) is 9.47 Å². The lowest BCUT2D eigenvalue weighted by molar-refractivity contribution is 0.152. The zero-order chi connectivity index (χ0) is 15.4. The summed E-state index contributed by atoms with van der Waals surface area (Å²) in [6.45, 7) is 2.07. The van der Waals surface area contributed by atoms with E-state index in [-0.39, 0.29) is 0 Å². The highest BCUT2D eigenvalue weighted by atomic mass is 16.7. The summed E-state index contributed by atoms with van der Waals surface area (Å²) in [5, 5.41) is 2.11. The Labute approximate surface area is 129 Å². The highest BCUT2D eigenvalue weighted by Crippen LogP contribution is 2.21. The maximum absolute atomic E-state index is 11.8. The van der Waals surface area contributed by atoms with Crippen molar-refractivity contribution in [3.63, 3.8) is 0 Å². The molecule has 0 atom stereocenters. The van der Waals surface area contributed by atoms with E-state index >= 15 is 0 Å². The van der Waals surface area contributed by atoms with E-state index in [1.54, 1.807) is 18.2 Å². The van der Waals surface area contributed by atoms with Gasteiger partial charge in [0.15, 0.2) is 0 Å². The van der Waals surface area contributed by atoms with Crippen LogP contribution in [0.3, 0.4) is 0 Å². The summed E-state index contributed by atoms with van der Waals surface area (Å²) in [7, 11) is 0. The van der Waals surface area contributed by atoms with Gasteiger partial charge in [0.05, 0.1) is 0 Å². The van der Waals surface area contributed by atoms with Crippen molar-refractivity contribution < 1.29 is 14.3 Å². The largest absolute Gasteiger partial charge is 0.519 e. The second-order valence-corrected chi connectivity index (χ2v) is 4.96. The van der Waals surface area contributed by atoms with Gasteiger partial charge in [0.2, 0.25) is 0 Å². The predicted molar refractivity (Wildman–Crippen MR) is 86.4 cm³/mol. The van der Waals surface area contributed by atoms with Crippen LogP contribution in [0.2, 0.25) is 0 Å². The molecule has 3 aromatic rings. The van der Waals surface area contributed by atoms with Gasteiger partial charge in [-0.3, -0.25) is 0 Å². The first-order valence-electron chi connectivity index (χ1n) is 7.22. The van der Waals surface area contributed by atoms with Crippen molar-refractivity contribution in [3.8, 4) is 11.5 Å². The Morgan fingerprint density at radius 3 is 2.18 bits per heavy atom. The van der Waals surface area contributed by atoms with Crippen LogP contribution in [0, 0.1) is 0 Å². The van der Waals surface area contributed by atoms with Crippen LogP contribution in [-0.4, -0.2) is 6.16 Å². The molecule has 0 radical (unpaired) electrons. The number of hydrogen-bond donors (Lipinski definition) is 0. The van der Waals surface area contributed by atoms with E-state index < -0.39 is 6.16 Å². The first-order valence-corrected chi connectivity index (χ1v) is 7.22. The topological polar surface area (TPSA) is 35.5 Å². The Bertz CT molecular complexity index is 791. The van der Waals surface area contributed by atoms with Crippen LogP contribution in [0.25, 0.3) is 10.8 Å². The van der Waals surface area contributed by atoms with E-state index in [0.29, 0.717) is 11.5 Å². The van der Waals surface area contributed by atoms with Gasteiger partial charge in [-0.2, -0.15) is 0 Å². The number of rotatable bonds is 3. The SMILES string of the molecule is CCc1ccc(OC(=O)Oc2ccc3ccccc3c2)cc1. The van der Waals surface area contributed by atoms with Crippen LogP contribution < -0.4 is 9.47 Å². The molecule has 0 aliphatic rings. The molecule has 0 aliphatic heterocycles. The van der Waals surface area contributed by atoms with Gasteiger partial charge in [0, 0.05) is 0 Å². The molecule has 3 nitrogen and oxygen atoms in total. The molecule has 0 saturated carbocycles. The fourth-order valence-electron chi connectivity index (χ4n) is 2.24. The smallest absolute Gasteiger partial charge is 0.395 e. The summed E-state index contributed by atoms with van der Waals surface area (Å²) in [5.74, 6) is 0.942. The fourth-order valence-corrected chi connectivity index (χ4v) is 2.24. The molecule has 0 bridgehead atoms. The Hall–Kier alpha value is -2.81. The van der Waals surface area contributed by atoms with E-state index in [1.807, 2.05) is 48.5 Å². The van der Waals surface area contributed by atoms with Crippen LogP contribution in [0.1, 0.15) is 12.5 Å². The quantitative estimate of drug-likeness (QED) is 0.504. The number of fused-ring (bicyclic) bond motifs is 1. The third-order valence-electron chi connectivity index (χ3n) is 3.45. The van der Waals surface area contributed by atoms with Gasteiger partial charge >= 0.3 is 6.16 Å². The first-order chi connectivity index (χ1) is 10.7. The average Bonchev–Trinajstić information content (AvgIpc) is 2.55. The molecule has 0 fully saturated rings. The molecular weight excluding hydrogens is 276 g/mol. The van der Waals surface area contributed by atoms with Gasteiger partial charge in [-0.15, -0.1) is 0 Å². The zero-order valence-electron chi connectivity index (χ0n) is 12.3. The van der Waals surface area contributed by atoms with Gasteiger partial charge in [0.25, 0.3) is 0 Å². The van der Waals surface area contributed by atoms with Crippen LogP contribution in [-0.2, 0) is 6.42 Å². The zero-order valence-corrected chi connectivity index (χ0v) is 12.3. The highest BCUT2D eigenvalue weighted by Gasteiger charge is 2.08. The molecule has 0 heterocycles. The number of carbonyl (C=O) groups excluding carboxylic acids is 1. The van der Waals surface area contributed by atoms with Crippen LogP contribution >= 0.6 is 0 Å². The van der Waals surface area contributed by atoms with Crippen molar-refractivity contribution in [3.05, 3.63) is 72.3 Å². The van der Waals surface area contributed by atoms with Crippen molar-refractivity contribution in [2.75, 3.05) is 0 Å². The molecule has 0 N–H and O–H groups in total. The Balaban J connectivity index is 1.69. The van der Waals surface area contributed by atoms with E-state index in [2.05, 4.69) is 6.92 Å². The molecule has 3 aromatic carbocycles. The molecule has 0 aromatic heterocycles. The number of carbonyl (C=O) groups is 1. The van der Waals surface area contributed by atoms with Crippen LogP contribution in [0.5, 0.6) is 11.5 Å². The number of hydrogen-bond acceptors (Lipinski definition) is 3. The summed E-state index contributed by atoms with van der Waals surface area (Å²) in [5.41, 5.74) is 1.19. The van der Waals surface area contributed by atoms with Crippen molar-refractivity contribution in [2.24, 2.45) is 0 Å².